The maximum absolute atomic E-state index is 11.6. The van der Waals surface area contributed by atoms with Crippen LogP contribution in [-0.2, 0) is 16.1 Å². The fourth-order valence-electron chi connectivity index (χ4n) is 1.64. The molecule has 88 valence electrons. The molecule has 0 bridgehead atoms. The van der Waals surface area contributed by atoms with Crippen LogP contribution in [0.25, 0.3) is 0 Å². The number of rotatable bonds is 3. The molecule has 17 heavy (non-hydrogen) atoms. The summed E-state index contributed by atoms with van der Waals surface area (Å²) in [6, 6.07) is 9.36. The number of aliphatic carboxylic acids is 1. The van der Waals surface area contributed by atoms with E-state index in [1.807, 2.05) is 30.3 Å². The molecule has 1 heterocycles. The number of amides is 1. The molecular weight excluding hydrogens is 220 g/mol. The minimum atomic E-state index is -1.06. The minimum Gasteiger partial charge on any atom is -0.477 e. The van der Waals surface area contributed by atoms with Crippen LogP contribution in [0.4, 0.5) is 0 Å². The van der Waals surface area contributed by atoms with Crippen LogP contribution < -0.4 is 0 Å². The molecule has 0 saturated heterocycles. The number of carbonyl (C=O) groups is 2. The molecule has 0 saturated carbocycles. The van der Waals surface area contributed by atoms with Gasteiger partial charge in [0, 0.05) is 12.8 Å². The van der Waals surface area contributed by atoms with Crippen molar-refractivity contribution in [3.05, 3.63) is 35.9 Å². The molecule has 5 heteroatoms. The number of hydrazone groups is 1. The van der Waals surface area contributed by atoms with Gasteiger partial charge in [-0.1, -0.05) is 30.3 Å². The number of carboxylic acid groups (broad SMARTS) is 1. The molecule has 1 aromatic carbocycles. The second kappa shape index (κ2) is 4.78. The van der Waals surface area contributed by atoms with Crippen molar-refractivity contribution in [1.29, 1.82) is 0 Å². The molecule has 2 rings (SSSR count). The summed E-state index contributed by atoms with van der Waals surface area (Å²) in [5, 5.41) is 13.9. The van der Waals surface area contributed by atoms with Gasteiger partial charge in [0.2, 0.25) is 5.91 Å². The van der Waals surface area contributed by atoms with E-state index >= 15 is 0 Å². The lowest BCUT2D eigenvalue weighted by Crippen LogP contribution is -2.33. The van der Waals surface area contributed by atoms with Gasteiger partial charge in [-0.15, -0.1) is 0 Å². The quantitative estimate of drug-likeness (QED) is 0.852. The first kappa shape index (κ1) is 11.3. The predicted octanol–water partition coefficient (Wildman–Crippen LogP) is 1.25. The highest BCUT2D eigenvalue weighted by Gasteiger charge is 2.23. The summed E-state index contributed by atoms with van der Waals surface area (Å²) < 4.78 is 0. The molecule has 0 aromatic heterocycles. The van der Waals surface area contributed by atoms with Crippen molar-refractivity contribution < 1.29 is 14.7 Å². The summed E-state index contributed by atoms with van der Waals surface area (Å²) in [4.78, 5) is 22.4. The number of hydrogen-bond donors (Lipinski definition) is 1. The Labute approximate surface area is 98.4 Å². The third kappa shape index (κ3) is 2.69. The molecule has 1 aliphatic rings. The summed E-state index contributed by atoms with van der Waals surface area (Å²) >= 11 is 0. The van der Waals surface area contributed by atoms with Crippen LogP contribution in [0.15, 0.2) is 35.4 Å². The fourth-order valence-corrected chi connectivity index (χ4v) is 1.64. The average Bonchev–Trinajstić information content (AvgIpc) is 2.33. The van der Waals surface area contributed by atoms with Crippen molar-refractivity contribution in [2.24, 2.45) is 5.10 Å². The highest BCUT2D eigenvalue weighted by Crippen LogP contribution is 2.13. The van der Waals surface area contributed by atoms with Crippen LogP contribution in [0.3, 0.4) is 0 Å². The van der Waals surface area contributed by atoms with Gasteiger partial charge in [-0.3, -0.25) is 4.79 Å². The summed E-state index contributed by atoms with van der Waals surface area (Å²) in [5.74, 6) is -1.20. The van der Waals surface area contributed by atoms with Gasteiger partial charge in [0.05, 0.1) is 6.54 Å². The Balaban J connectivity index is 2.16. The number of nitrogens with zero attached hydrogens (tertiary/aromatic N) is 2. The van der Waals surface area contributed by atoms with Gasteiger partial charge in [-0.2, -0.15) is 5.10 Å². The van der Waals surface area contributed by atoms with Gasteiger partial charge in [-0.05, 0) is 5.56 Å². The Morgan fingerprint density at radius 2 is 2.00 bits per heavy atom. The van der Waals surface area contributed by atoms with Crippen LogP contribution in [0.5, 0.6) is 0 Å². The smallest absolute Gasteiger partial charge is 0.352 e. The van der Waals surface area contributed by atoms with Gasteiger partial charge in [-0.25, -0.2) is 9.80 Å². The number of hydrogen-bond acceptors (Lipinski definition) is 3. The predicted molar refractivity (Wildman–Crippen MR) is 61.3 cm³/mol. The van der Waals surface area contributed by atoms with E-state index in [0.717, 1.165) is 5.56 Å². The first-order chi connectivity index (χ1) is 8.16. The zero-order valence-electron chi connectivity index (χ0n) is 9.17. The average molecular weight is 232 g/mol. The topological polar surface area (TPSA) is 70.0 Å². The monoisotopic (exact) mass is 232 g/mol. The molecule has 1 amide bonds. The maximum Gasteiger partial charge on any atom is 0.352 e. The molecule has 1 aromatic rings. The fraction of sp³-hybridized carbons (Fsp3) is 0.250. The first-order valence-electron chi connectivity index (χ1n) is 5.32. The first-order valence-corrected chi connectivity index (χ1v) is 5.32. The Kier molecular flexibility index (Phi) is 3.18. The number of carboxylic acids is 1. The van der Waals surface area contributed by atoms with Crippen molar-refractivity contribution >= 4 is 17.6 Å². The molecule has 0 radical (unpaired) electrons. The number of benzene rings is 1. The lowest BCUT2D eigenvalue weighted by molar-refractivity contribution is -0.133. The van der Waals surface area contributed by atoms with Gasteiger partial charge in [0.1, 0.15) is 5.71 Å². The van der Waals surface area contributed by atoms with Crippen molar-refractivity contribution in [2.75, 3.05) is 0 Å². The van der Waals surface area contributed by atoms with E-state index in [9.17, 15) is 9.59 Å². The zero-order chi connectivity index (χ0) is 12.3. The van der Waals surface area contributed by atoms with Crippen LogP contribution in [0.1, 0.15) is 18.4 Å². The molecule has 0 spiro atoms. The molecule has 1 N–H and O–H groups in total. The van der Waals surface area contributed by atoms with E-state index in [-0.39, 0.29) is 24.5 Å². The largest absolute Gasteiger partial charge is 0.477 e. The molecule has 5 nitrogen and oxygen atoms in total. The second-order valence-electron chi connectivity index (χ2n) is 3.79. The van der Waals surface area contributed by atoms with E-state index in [1.165, 1.54) is 5.01 Å². The van der Waals surface area contributed by atoms with E-state index in [2.05, 4.69) is 5.10 Å². The molecule has 0 unspecified atom stereocenters. The summed E-state index contributed by atoms with van der Waals surface area (Å²) in [5.41, 5.74) is 0.969. The SMILES string of the molecule is O=C(O)C1=NN(Cc2ccccc2)C(=O)CC1. The van der Waals surface area contributed by atoms with Gasteiger partial charge in [0.15, 0.2) is 0 Å². The zero-order valence-corrected chi connectivity index (χ0v) is 9.17. The Bertz CT molecular complexity index is 468. The summed E-state index contributed by atoms with van der Waals surface area (Å²) in [6.07, 6.45) is 0.414. The third-order valence-corrected chi connectivity index (χ3v) is 2.53. The lowest BCUT2D eigenvalue weighted by Gasteiger charge is -2.22. The van der Waals surface area contributed by atoms with E-state index in [0.29, 0.717) is 6.54 Å². The van der Waals surface area contributed by atoms with E-state index in [1.54, 1.807) is 0 Å². The van der Waals surface area contributed by atoms with Crippen molar-refractivity contribution in [2.45, 2.75) is 19.4 Å². The molecule has 0 atom stereocenters. The molecule has 1 aliphatic heterocycles. The number of carbonyl (C=O) groups excluding carboxylic acids is 1. The summed E-state index contributed by atoms with van der Waals surface area (Å²) in [6.45, 7) is 0.316. The second-order valence-corrected chi connectivity index (χ2v) is 3.79. The van der Waals surface area contributed by atoms with Crippen LogP contribution in [0, 0.1) is 0 Å². The lowest BCUT2D eigenvalue weighted by atomic mass is 10.1. The Morgan fingerprint density at radius 1 is 1.29 bits per heavy atom. The van der Waals surface area contributed by atoms with Crippen molar-refractivity contribution in [3.63, 3.8) is 0 Å². The van der Waals surface area contributed by atoms with Crippen molar-refractivity contribution in [1.82, 2.24) is 5.01 Å². The van der Waals surface area contributed by atoms with E-state index in [4.69, 9.17) is 5.11 Å². The normalized spacial score (nSPS) is 15.6. The van der Waals surface area contributed by atoms with Crippen LogP contribution in [0.2, 0.25) is 0 Å². The highest BCUT2D eigenvalue weighted by molar-refractivity contribution is 6.36. The Hall–Kier alpha value is -2.17. The minimum absolute atomic E-state index is 0.0422. The highest BCUT2D eigenvalue weighted by atomic mass is 16.4. The van der Waals surface area contributed by atoms with Crippen LogP contribution in [-0.4, -0.2) is 27.7 Å². The molecule has 0 fully saturated rings. The maximum atomic E-state index is 11.6. The molecular formula is C12H12N2O3. The van der Waals surface area contributed by atoms with E-state index < -0.39 is 5.97 Å². The summed E-state index contributed by atoms with van der Waals surface area (Å²) in [7, 11) is 0. The van der Waals surface area contributed by atoms with Gasteiger partial charge < -0.3 is 5.11 Å². The molecule has 0 aliphatic carbocycles. The Morgan fingerprint density at radius 3 is 2.65 bits per heavy atom. The van der Waals surface area contributed by atoms with Crippen molar-refractivity contribution in [3.8, 4) is 0 Å². The van der Waals surface area contributed by atoms with Gasteiger partial charge >= 0.3 is 5.97 Å². The standard InChI is InChI=1S/C12H12N2O3/c15-11-7-6-10(12(16)17)13-14(11)8-9-4-2-1-3-5-9/h1-5H,6-8H2,(H,16,17). The van der Waals surface area contributed by atoms with Crippen LogP contribution >= 0.6 is 0 Å². The third-order valence-electron chi connectivity index (χ3n) is 2.53. The van der Waals surface area contributed by atoms with Gasteiger partial charge in [0.25, 0.3) is 0 Å².